The van der Waals surface area contributed by atoms with E-state index in [1.807, 2.05) is 0 Å². The summed E-state index contributed by atoms with van der Waals surface area (Å²) in [5.41, 5.74) is -1.00. The molecule has 1 unspecified atom stereocenters. The lowest BCUT2D eigenvalue weighted by Crippen LogP contribution is -2.39. The summed E-state index contributed by atoms with van der Waals surface area (Å²) < 4.78 is 71.7. The lowest BCUT2D eigenvalue weighted by Gasteiger charge is -2.14. The third-order valence-corrected chi connectivity index (χ3v) is 3.53. The number of carbonyl (C=O) groups excluding carboxylic acids is 1. The van der Waals surface area contributed by atoms with Crippen LogP contribution in [0.15, 0.2) is 36.7 Å². The molecule has 0 saturated carbocycles. The number of ether oxygens (including phenoxy) is 2. The monoisotopic (exact) mass is 405 g/mol. The van der Waals surface area contributed by atoms with Crippen molar-refractivity contribution in [2.45, 2.75) is 19.2 Å². The summed E-state index contributed by atoms with van der Waals surface area (Å²) in [6.45, 7) is 1.36. The molecular formula is C15H14F3N3O5S. The van der Waals surface area contributed by atoms with Crippen molar-refractivity contribution >= 4 is 15.9 Å². The van der Waals surface area contributed by atoms with Crippen LogP contribution < -0.4 is 14.2 Å². The summed E-state index contributed by atoms with van der Waals surface area (Å²) in [6, 6.07) is 5.39. The Labute approximate surface area is 152 Å². The second-order valence-corrected chi connectivity index (χ2v) is 7.07. The van der Waals surface area contributed by atoms with Crippen LogP contribution in [-0.4, -0.2) is 36.7 Å². The Morgan fingerprint density at radius 3 is 2.11 bits per heavy atom. The molecule has 1 aromatic heterocycles. The van der Waals surface area contributed by atoms with Crippen molar-refractivity contribution in [2.75, 3.05) is 6.26 Å². The first-order valence-electron chi connectivity index (χ1n) is 7.29. The van der Waals surface area contributed by atoms with Gasteiger partial charge in [0, 0.05) is 12.4 Å². The van der Waals surface area contributed by atoms with Gasteiger partial charge in [0.1, 0.15) is 11.5 Å². The van der Waals surface area contributed by atoms with E-state index in [9.17, 15) is 26.4 Å². The Balaban J connectivity index is 1.98. The molecule has 1 amide bonds. The Hall–Kier alpha value is -2.89. The summed E-state index contributed by atoms with van der Waals surface area (Å²) in [6.07, 6.45) is -3.58. The second-order valence-electron chi connectivity index (χ2n) is 5.32. The highest BCUT2D eigenvalue weighted by Crippen LogP contribution is 2.29. The molecule has 0 bridgehead atoms. The molecule has 146 valence electrons. The van der Waals surface area contributed by atoms with Crippen LogP contribution in [-0.2, 0) is 21.0 Å². The van der Waals surface area contributed by atoms with Gasteiger partial charge in [0.15, 0.2) is 6.10 Å². The van der Waals surface area contributed by atoms with Gasteiger partial charge in [-0.15, -0.1) is 0 Å². The molecule has 0 aliphatic heterocycles. The van der Waals surface area contributed by atoms with Crippen LogP contribution in [0.5, 0.6) is 17.5 Å². The van der Waals surface area contributed by atoms with E-state index in [-0.39, 0.29) is 17.5 Å². The fourth-order valence-electron chi connectivity index (χ4n) is 1.73. The van der Waals surface area contributed by atoms with Crippen LogP contribution >= 0.6 is 0 Å². The van der Waals surface area contributed by atoms with Gasteiger partial charge >= 0.3 is 12.2 Å². The number of aromatic nitrogens is 2. The molecule has 8 nitrogen and oxygen atoms in total. The summed E-state index contributed by atoms with van der Waals surface area (Å²) in [7, 11) is -3.70. The number of nitrogens with zero attached hydrogens (tertiary/aromatic N) is 2. The van der Waals surface area contributed by atoms with Gasteiger partial charge in [-0.1, -0.05) is 0 Å². The number of amides is 1. The molecular weight excluding hydrogens is 391 g/mol. The third kappa shape index (κ3) is 6.40. The van der Waals surface area contributed by atoms with Crippen molar-refractivity contribution in [3.05, 3.63) is 42.2 Å². The number of hydrogen-bond donors (Lipinski definition) is 1. The Morgan fingerprint density at radius 2 is 1.63 bits per heavy atom. The Kier molecular flexibility index (Phi) is 5.88. The van der Waals surface area contributed by atoms with E-state index in [2.05, 4.69) is 9.97 Å². The number of alkyl halides is 3. The van der Waals surface area contributed by atoms with E-state index >= 15 is 0 Å². The van der Waals surface area contributed by atoms with Gasteiger partial charge in [0.05, 0.1) is 11.8 Å². The van der Waals surface area contributed by atoms with Gasteiger partial charge in [-0.2, -0.15) is 13.2 Å². The molecule has 0 fully saturated rings. The molecule has 0 aliphatic carbocycles. The third-order valence-electron chi connectivity index (χ3n) is 2.96. The maximum absolute atomic E-state index is 12.4. The normalized spacial score (nSPS) is 12.9. The standard InChI is InChI=1S/C15H14F3N3O5S/c1-9(13(22)21-27(2,23)24)25-11-3-5-12(6-4-11)26-14-19-7-10(8-20-14)15(16,17)18/h3-9H,1-2H3,(H,21,22). The van der Waals surface area contributed by atoms with Gasteiger partial charge in [-0.3, -0.25) is 9.52 Å². The highest BCUT2D eigenvalue weighted by atomic mass is 32.2. The number of hydrogen-bond acceptors (Lipinski definition) is 7. The minimum absolute atomic E-state index is 0.218. The van der Waals surface area contributed by atoms with Crippen LogP contribution in [0.4, 0.5) is 13.2 Å². The molecule has 0 spiro atoms. The van der Waals surface area contributed by atoms with Crippen molar-refractivity contribution in [3.63, 3.8) is 0 Å². The molecule has 12 heteroatoms. The highest BCUT2D eigenvalue weighted by molar-refractivity contribution is 7.89. The summed E-state index contributed by atoms with van der Waals surface area (Å²) >= 11 is 0. The Bertz CT molecular complexity index is 900. The van der Waals surface area contributed by atoms with E-state index < -0.39 is 33.8 Å². The van der Waals surface area contributed by atoms with Crippen LogP contribution in [0.25, 0.3) is 0 Å². The number of sulfonamides is 1. The number of carbonyl (C=O) groups is 1. The molecule has 2 rings (SSSR count). The average Bonchev–Trinajstić information content (AvgIpc) is 2.55. The minimum Gasteiger partial charge on any atom is -0.481 e. The molecule has 0 saturated heterocycles. The zero-order valence-corrected chi connectivity index (χ0v) is 14.8. The quantitative estimate of drug-likeness (QED) is 0.784. The summed E-state index contributed by atoms with van der Waals surface area (Å²) in [5, 5.41) is 0. The maximum atomic E-state index is 12.4. The molecule has 2 aromatic rings. The van der Waals surface area contributed by atoms with E-state index in [0.29, 0.717) is 12.4 Å². The van der Waals surface area contributed by atoms with Crippen molar-refractivity contribution in [2.24, 2.45) is 0 Å². The fraction of sp³-hybridized carbons (Fsp3) is 0.267. The van der Waals surface area contributed by atoms with Crippen molar-refractivity contribution < 1.29 is 35.9 Å². The van der Waals surface area contributed by atoms with Crippen LogP contribution in [0, 0.1) is 0 Å². The second kappa shape index (κ2) is 7.78. The van der Waals surface area contributed by atoms with E-state index in [1.165, 1.54) is 31.2 Å². The minimum atomic E-state index is -4.54. The molecule has 0 aliphatic rings. The molecule has 1 N–H and O–H groups in total. The van der Waals surface area contributed by atoms with Gasteiger partial charge in [0.25, 0.3) is 5.91 Å². The van der Waals surface area contributed by atoms with Gasteiger partial charge < -0.3 is 9.47 Å². The largest absolute Gasteiger partial charge is 0.481 e. The van der Waals surface area contributed by atoms with Crippen LogP contribution in [0.1, 0.15) is 12.5 Å². The number of benzene rings is 1. The molecule has 1 atom stereocenters. The smallest absolute Gasteiger partial charge is 0.419 e. The fourth-order valence-corrected chi connectivity index (χ4v) is 2.26. The molecule has 27 heavy (non-hydrogen) atoms. The van der Waals surface area contributed by atoms with E-state index in [0.717, 1.165) is 6.26 Å². The predicted molar refractivity (Wildman–Crippen MR) is 86.6 cm³/mol. The highest BCUT2D eigenvalue weighted by Gasteiger charge is 2.31. The van der Waals surface area contributed by atoms with E-state index in [4.69, 9.17) is 9.47 Å². The molecule has 1 aromatic carbocycles. The summed E-state index contributed by atoms with van der Waals surface area (Å²) in [5.74, 6) is -0.377. The van der Waals surface area contributed by atoms with Gasteiger partial charge in [0.2, 0.25) is 10.0 Å². The zero-order chi connectivity index (χ0) is 20.2. The average molecular weight is 405 g/mol. The van der Waals surface area contributed by atoms with Crippen molar-refractivity contribution in [1.29, 1.82) is 0 Å². The maximum Gasteiger partial charge on any atom is 0.419 e. The molecule has 1 heterocycles. The Morgan fingerprint density at radius 1 is 1.11 bits per heavy atom. The first kappa shape index (κ1) is 20.4. The van der Waals surface area contributed by atoms with E-state index in [1.54, 1.807) is 4.72 Å². The SMILES string of the molecule is CC(Oc1ccc(Oc2ncc(C(F)(F)F)cn2)cc1)C(=O)NS(C)(=O)=O. The van der Waals surface area contributed by atoms with Crippen molar-refractivity contribution in [1.82, 2.24) is 14.7 Å². The topological polar surface area (TPSA) is 107 Å². The van der Waals surface area contributed by atoms with Crippen LogP contribution in [0.2, 0.25) is 0 Å². The van der Waals surface area contributed by atoms with Gasteiger partial charge in [-0.05, 0) is 31.2 Å². The molecule has 0 radical (unpaired) electrons. The first-order valence-corrected chi connectivity index (χ1v) is 9.18. The number of rotatable bonds is 6. The lowest BCUT2D eigenvalue weighted by molar-refractivity contribution is -0.138. The zero-order valence-electron chi connectivity index (χ0n) is 14.0. The predicted octanol–water partition coefficient (Wildman–Crippen LogP) is 2.13. The van der Waals surface area contributed by atoms with Crippen LogP contribution in [0.3, 0.4) is 0 Å². The number of halogens is 3. The summed E-state index contributed by atoms with van der Waals surface area (Å²) in [4.78, 5) is 18.6. The lowest BCUT2D eigenvalue weighted by atomic mass is 10.3. The number of nitrogens with one attached hydrogen (secondary N) is 1. The first-order chi connectivity index (χ1) is 12.4. The van der Waals surface area contributed by atoms with Gasteiger partial charge in [-0.25, -0.2) is 18.4 Å². The van der Waals surface area contributed by atoms with Crippen molar-refractivity contribution in [3.8, 4) is 17.5 Å².